The molecule has 2 aromatic rings. The second-order valence-corrected chi connectivity index (χ2v) is 5.64. The second-order valence-electron chi connectivity index (χ2n) is 4.83. The lowest BCUT2D eigenvalue weighted by Crippen LogP contribution is -2.12. The minimum Gasteiger partial charge on any atom is -0.382 e. The fraction of sp³-hybridized carbons (Fsp3) is 0.357. The molecule has 19 heavy (non-hydrogen) atoms. The van der Waals surface area contributed by atoms with Gasteiger partial charge in [-0.1, -0.05) is 35.3 Å². The van der Waals surface area contributed by atoms with Crippen molar-refractivity contribution >= 4 is 23.2 Å². The van der Waals surface area contributed by atoms with E-state index in [2.05, 4.69) is 5.10 Å². The molecule has 1 unspecified atom stereocenters. The molecule has 1 aromatic heterocycles. The van der Waals surface area contributed by atoms with E-state index in [4.69, 9.17) is 23.2 Å². The Bertz CT molecular complexity index is 593. The Morgan fingerprint density at radius 1 is 1.21 bits per heavy atom. The molecular weight excluding hydrogens is 283 g/mol. The monoisotopic (exact) mass is 298 g/mol. The fourth-order valence-corrected chi connectivity index (χ4v) is 2.38. The molecule has 2 rings (SSSR count). The highest BCUT2D eigenvalue weighted by molar-refractivity contribution is 6.31. The van der Waals surface area contributed by atoms with Crippen LogP contribution in [0, 0.1) is 6.92 Å². The summed E-state index contributed by atoms with van der Waals surface area (Å²) >= 11 is 12.2. The summed E-state index contributed by atoms with van der Waals surface area (Å²) in [6.07, 6.45) is 0.714. The first-order valence-electron chi connectivity index (χ1n) is 6.08. The number of aliphatic hydroxyl groups excluding tert-OH is 1. The molecule has 0 aliphatic heterocycles. The third-order valence-electron chi connectivity index (χ3n) is 3.05. The van der Waals surface area contributed by atoms with E-state index >= 15 is 0 Å². The fourth-order valence-electron chi connectivity index (χ4n) is 1.96. The average Bonchev–Trinajstić information content (AvgIpc) is 2.74. The van der Waals surface area contributed by atoms with Crippen LogP contribution in [-0.2, 0) is 0 Å². The van der Waals surface area contributed by atoms with Gasteiger partial charge in [-0.05, 0) is 38.0 Å². The topological polar surface area (TPSA) is 38.1 Å². The van der Waals surface area contributed by atoms with Crippen LogP contribution in [0.4, 0.5) is 0 Å². The number of hydrogen-bond acceptors (Lipinski definition) is 2. The van der Waals surface area contributed by atoms with Crippen molar-refractivity contribution in [3.8, 4) is 0 Å². The van der Waals surface area contributed by atoms with Crippen LogP contribution in [0.5, 0.6) is 0 Å². The molecule has 0 aliphatic rings. The highest BCUT2D eigenvalue weighted by Gasteiger charge is 2.21. The van der Waals surface area contributed by atoms with Gasteiger partial charge >= 0.3 is 0 Å². The lowest BCUT2D eigenvalue weighted by molar-refractivity contribution is 0.205. The minimum absolute atomic E-state index is 0.123. The first kappa shape index (κ1) is 14.4. The smallest absolute Gasteiger partial charge is 0.122 e. The molecule has 3 nitrogen and oxygen atoms in total. The highest BCUT2D eigenvalue weighted by Crippen LogP contribution is 2.31. The summed E-state index contributed by atoms with van der Waals surface area (Å²) in [5.74, 6) is 0. The van der Waals surface area contributed by atoms with Gasteiger partial charge in [0.1, 0.15) is 6.10 Å². The molecule has 0 saturated carbocycles. The summed E-state index contributed by atoms with van der Waals surface area (Å²) in [6.45, 7) is 5.90. The van der Waals surface area contributed by atoms with Gasteiger partial charge < -0.3 is 5.11 Å². The van der Waals surface area contributed by atoms with Gasteiger partial charge in [0.25, 0.3) is 0 Å². The van der Waals surface area contributed by atoms with Crippen LogP contribution in [0.3, 0.4) is 0 Å². The van der Waals surface area contributed by atoms with Crippen molar-refractivity contribution in [2.45, 2.75) is 32.9 Å². The second kappa shape index (κ2) is 5.53. The van der Waals surface area contributed by atoms with Crippen molar-refractivity contribution in [1.29, 1.82) is 0 Å². The minimum atomic E-state index is -0.838. The number of hydrogen-bond donors (Lipinski definition) is 1. The zero-order chi connectivity index (χ0) is 14.2. The van der Waals surface area contributed by atoms with Gasteiger partial charge in [-0.15, -0.1) is 0 Å². The van der Waals surface area contributed by atoms with Crippen molar-refractivity contribution < 1.29 is 5.11 Å². The number of aliphatic hydroxyl groups is 1. The Balaban J connectivity index is 2.46. The zero-order valence-corrected chi connectivity index (χ0v) is 12.6. The molecule has 1 aromatic carbocycles. The van der Waals surface area contributed by atoms with E-state index in [9.17, 15) is 5.11 Å². The van der Waals surface area contributed by atoms with E-state index in [1.807, 2.05) is 32.9 Å². The Hall–Kier alpha value is -1.03. The van der Waals surface area contributed by atoms with Gasteiger partial charge in [-0.3, -0.25) is 4.68 Å². The van der Waals surface area contributed by atoms with E-state index in [1.165, 1.54) is 0 Å². The van der Waals surface area contributed by atoms with Crippen LogP contribution in [0.2, 0.25) is 10.0 Å². The standard InChI is InChI=1S/C14H16Cl2N2O/c1-8(2)18-13(12(16)7-17-18)14(19)10-5-4-9(3)11(15)6-10/h4-8,14,19H,1-3H3. The number of aryl methyl sites for hydroxylation is 1. The molecule has 1 atom stereocenters. The Kier molecular flexibility index (Phi) is 4.19. The van der Waals surface area contributed by atoms with Crippen molar-refractivity contribution in [2.75, 3.05) is 0 Å². The predicted molar refractivity (Wildman–Crippen MR) is 77.9 cm³/mol. The summed E-state index contributed by atoms with van der Waals surface area (Å²) in [6, 6.07) is 5.61. The third-order valence-corrected chi connectivity index (χ3v) is 3.75. The molecule has 0 aliphatic carbocycles. The van der Waals surface area contributed by atoms with Gasteiger partial charge in [-0.25, -0.2) is 0 Å². The summed E-state index contributed by atoms with van der Waals surface area (Å²) in [4.78, 5) is 0. The van der Waals surface area contributed by atoms with E-state index < -0.39 is 6.10 Å². The largest absolute Gasteiger partial charge is 0.382 e. The summed E-state index contributed by atoms with van der Waals surface area (Å²) < 4.78 is 1.72. The maximum atomic E-state index is 10.5. The molecular formula is C14H16Cl2N2O. The zero-order valence-electron chi connectivity index (χ0n) is 11.1. The van der Waals surface area contributed by atoms with E-state index in [0.29, 0.717) is 21.3 Å². The van der Waals surface area contributed by atoms with Gasteiger partial charge in [0.15, 0.2) is 0 Å². The summed E-state index contributed by atoms with van der Waals surface area (Å²) in [5, 5.41) is 15.8. The molecule has 5 heteroatoms. The van der Waals surface area contributed by atoms with Crippen molar-refractivity contribution in [3.63, 3.8) is 0 Å². The van der Waals surface area contributed by atoms with Gasteiger partial charge in [0, 0.05) is 11.1 Å². The molecule has 1 heterocycles. The average molecular weight is 299 g/mol. The number of nitrogens with zero attached hydrogens (tertiary/aromatic N) is 2. The van der Waals surface area contributed by atoms with Crippen LogP contribution in [0.1, 0.15) is 42.8 Å². The van der Waals surface area contributed by atoms with E-state index in [-0.39, 0.29) is 6.04 Å². The lowest BCUT2D eigenvalue weighted by Gasteiger charge is -2.17. The van der Waals surface area contributed by atoms with Crippen molar-refractivity contribution in [1.82, 2.24) is 9.78 Å². The Labute approximate surface area is 122 Å². The molecule has 0 fully saturated rings. The predicted octanol–water partition coefficient (Wildman–Crippen LogP) is 4.16. The van der Waals surface area contributed by atoms with Crippen LogP contribution < -0.4 is 0 Å². The van der Waals surface area contributed by atoms with Crippen LogP contribution >= 0.6 is 23.2 Å². The van der Waals surface area contributed by atoms with Gasteiger partial charge in [0.05, 0.1) is 16.9 Å². The maximum absolute atomic E-state index is 10.5. The number of halogens is 2. The number of rotatable bonds is 3. The molecule has 0 bridgehead atoms. The molecule has 1 N–H and O–H groups in total. The van der Waals surface area contributed by atoms with Crippen molar-refractivity contribution in [3.05, 3.63) is 51.3 Å². The quantitative estimate of drug-likeness (QED) is 0.924. The third kappa shape index (κ3) is 2.78. The first-order chi connectivity index (χ1) is 8.91. The van der Waals surface area contributed by atoms with E-state index in [1.54, 1.807) is 16.9 Å². The molecule has 0 spiro atoms. The molecule has 102 valence electrons. The molecule has 0 radical (unpaired) electrons. The lowest BCUT2D eigenvalue weighted by atomic mass is 10.0. The van der Waals surface area contributed by atoms with Crippen LogP contribution in [-0.4, -0.2) is 14.9 Å². The number of aromatic nitrogens is 2. The summed E-state index contributed by atoms with van der Waals surface area (Å²) in [7, 11) is 0. The summed E-state index contributed by atoms with van der Waals surface area (Å²) in [5.41, 5.74) is 2.28. The van der Waals surface area contributed by atoms with Crippen LogP contribution in [0.25, 0.3) is 0 Å². The SMILES string of the molecule is Cc1ccc(C(O)c2c(Cl)cnn2C(C)C)cc1Cl. The number of benzene rings is 1. The van der Waals surface area contributed by atoms with Crippen molar-refractivity contribution in [2.24, 2.45) is 0 Å². The van der Waals surface area contributed by atoms with Gasteiger partial charge in [0.2, 0.25) is 0 Å². The molecule has 0 saturated heterocycles. The Morgan fingerprint density at radius 2 is 1.89 bits per heavy atom. The molecule has 0 amide bonds. The highest BCUT2D eigenvalue weighted by atomic mass is 35.5. The van der Waals surface area contributed by atoms with Gasteiger partial charge in [-0.2, -0.15) is 5.10 Å². The maximum Gasteiger partial charge on any atom is 0.122 e. The normalized spacial score (nSPS) is 13.0. The van der Waals surface area contributed by atoms with E-state index in [0.717, 1.165) is 5.56 Å². The Morgan fingerprint density at radius 3 is 2.47 bits per heavy atom. The first-order valence-corrected chi connectivity index (χ1v) is 6.84. The van der Waals surface area contributed by atoms with Crippen LogP contribution in [0.15, 0.2) is 24.4 Å².